The lowest BCUT2D eigenvalue weighted by Crippen LogP contribution is -2.56. The molecule has 6 rings (SSSR count). The number of rotatable bonds is 8. The number of nitrogens with one attached hydrogen (secondary N) is 2. The van der Waals surface area contributed by atoms with E-state index in [9.17, 15) is 14.4 Å². The predicted molar refractivity (Wildman–Crippen MR) is 155 cm³/mol. The number of methoxy groups -OCH3 is 1. The average molecular weight is 558 g/mol. The van der Waals surface area contributed by atoms with Crippen molar-refractivity contribution in [2.45, 2.75) is 82.2 Å². The van der Waals surface area contributed by atoms with Gasteiger partial charge in [-0.1, -0.05) is 69.5 Å². The quantitative estimate of drug-likeness (QED) is 0.464. The molecule has 41 heavy (non-hydrogen) atoms. The van der Waals surface area contributed by atoms with Gasteiger partial charge in [0.05, 0.1) is 25.0 Å². The highest BCUT2D eigenvalue weighted by Gasteiger charge is 2.72. The summed E-state index contributed by atoms with van der Waals surface area (Å²) in [7, 11) is 1.60. The number of fused-ring (bicyclic) bond motifs is 1. The molecule has 8 heteroatoms. The molecule has 0 radical (unpaired) electrons. The number of benzene rings is 2. The number of hydrogen-bond acceptors (Lipinski definition) is 5. The molecule has 2 N–H and O–H groups in total. The first-order valence-corrected chi connectivity index (χ1v) is 14.8. The number of carbonyl (C=O) groups excluding carboxylic acids is 3. The van der Waals surface area contributed by atoms with Gasteiger partial charge in [0.1, 0.15) is 17.4 Å². The van der Waals surface area contributed by atoms with Crippen LogP contribution in [0.3, 0.4) is 0 Å². The van der Waals surface area contributed by atoms with Crippen molar-refractivity contribution in [3.05, 3.63) is 71.8 Å². The first-order valence-electron chi connectivity index (χ1n) is 14.8. The number of hydrogen-bond donors (Lipinski definition) is 2. The fourth-order valence-electron chi connectivity index (χ4n) is 7.11. The lowest BCUT2D eigenvalue weighted by atomic mass is 9.74. The van der Waals surface area contributed by atoms with Gasteiger partial charge in [-0.05, 0) is 54.2 Å². The maximum Gasteiger partial charge on any atom is 0.246 e. The zero-order valence-electron chi connectivity index (χ0n) is 24.0. The number of carbonyl (C=O) groups is 3. The Labute approximate surface area is 241 Å². The van der Waals surface area contributed by atoms with Crippen LogP contribution in [0.15, 0.2) is 60.7 Å². The topological polar surface area (TPSA) is 97.0 Å². The summed E-state index contributed by atoms with van der Waals surface area (Å²) < 4.78 is 11.9. The van der Waals surface area contributed by atoms with E-state index in [1.165, 1.54) is 12.0 Å². The summed E-state index contributed by atoms with van der Waals surface area (Å²) in [6, 6.07) is 14.5. The van der Waals surface area contributed by atoms with Gasteiger partial charge in [0.15, 0.2) is 0 Å². The summed E-state index contributed by atoms with van der Waals surface area (Å²) in [6.07, 6.45) is 8.33. The van der Waals surface area contributed by atoms with Crippen LogP contribution in [0.5, 0.6) is 5.75 Å². The van der Waals surface area contributed by atoms with E-state index in [4.69, 9.17) is 9.47 Å². The molecule has 2 aromatic rings. The summed E-state index contributed by atoms with van der Waals surface area (Å²) in [4.78, 5) is 43.6. The van der Waals surface area contributed by atoms with Gasteiger partial charge >= 0.3 is 0 Å². The zero-order valence-corrected chi connectivity index (χ0v) is 24.0. The van der Waals surface area contributed by atoms with E-state index < -0.39 is 29.6 Å². The predicted octanol–water partition coefficient (Wildman–Crippen LogP) is 4.56. The minimum Gasteiger partial charge on any atom is -0.497 e. The third-order valence-electron chi connectivity index (χ3n) is 9.21. The molecule has 3 heterocycles. The van der Waals surface area contributed by atoms with E-state index in [0.717, 1.165) is 31.2 Å². The Kier molecular flexibility index (Phi) is 7.36. The molecule has 8 nitrogen and oxygen atoms in total. The van der Waals surface area contributed by atoms with Gasteiger partial charge in [-0.15, -0.1) is 0 Å². The lowest BCUT2D eigenvalue weighted by Gasteiger charge is -2.34. The van der Waals surface area contributed by atoms with Crippen LogP contribution in [0.1, 0.15) is 63.0 Å². The van der Waals surface area contributed by atoms with Crippen LogP contribution >= 0.6 is 0 Å². The number of amides is 3. The van der Waals surface area contributed by atoms with Gasteiger partial charge < -0.3 is 25.0 Å². The first kappa shape index (κ1) is 27.5. The molecule has 5 atom stereocenters. The molecular weight excluding hydrogens is 518 g/mol. The number of ether oxygens (including phenoxy) is 2. The van der Waals surface area contributed by atoms with E-state index >= 15 is 0 Å². The summed E-state index contributed by atoms with van der Waals surface area (Å²) in [5.74, 6) is -1.20. The summed E-state index contributed by atoms with van der Waals surface area (Å²) >= 11 is 0. The first-order chi connectivity index (χ1) is 19.8. The van der Waals surface area contributed by atoms with E-state index in [1.807, 2.05) is 60.7 Å². The second kappa shape index (κ2) is 11.0. The van der Waals surface area contributed by atoms with Crippen molar-refractivity contribution in [2.75, 3.05) is 12.4 Å². The molecule has 3 unspecified atom stereocenters. The van der Waals surface area contributed by atoms with Crippen molar-refractivity contribution in [1.82, 2.24) is 10.2 Å². The van der Waals surface area contributed by atoms with E-state index in [0.29, 0.717) is 17.4 Å². The molecule has 2 saturated heterocycles. The molecule has 1 spiro atoms. The van der Waals surface area contributed by atoms with Crippen LogP contribution in [0, 0.1) is 11.8 Å². The van der Waals surface area contributed by atoms with Crippen LogP contribution in [0.25, 0.3) is 0 Å². The Morgan fingerprint density at radius 1 is 1.07 bits per heavy atom. The fourth-order valence-corrected chi connectivity index (χ4v) is 7.11. The maximum absolute atomic E-state index is 14.2. The van der Waals surface area contributed by atoms with Crippen molar-refractivity contribution in [1.29, 1.82) is 0 Å². The van der Waals surface area contributed by atoms with Crippen molar-refractivity contribution >= 4 is 23.4 Å². The molecule has 1 saturated carbocycles. The molecule has 4 aliphatic rings. The van der Waals surface area contributed by atoms with Crippen molar-refractivity contribution in [3.63, 3.8) is 0 Å². The minimum atomic E-state index is -1.19. The van der Waals surface area contributed by atoms with E-state index in [-0.39, 0.29) is 30.3 Å². The van der Waals surface area contributed by atoms with Crippen LogP contribution < -0.4 is 15.4 Å². The molecule has 3 aliphatic heterocycles. The molecule has 0 aromatic heterocycles. The Hall–Kier alpha value is -3.65. The molecular formula is C33H39N3O5. The highest BCUT2D eigenvalue weighted by atomic mass is 16.5. The van der Waals surface area contributed by atoms with E-state index in [1.54, 1.807) is 12.0 Å². The van der Waals surface area contributed by atoms with Gasteiger partial charge in [-0.25, -0.2) is 0 Å². The number of likely N-dealkylation sites (tertiary alicyclic amines) is 1. The van der Waals surface area contributed by atoms with Crippen LogP contribution in [0.4, 0.5) is 5.69 Å². The number of anilines is 1. The van der Waals surface area contributed by atoms with Gasteiger partial charge in [0.2, 0.25) is 17.7 Å². The zero-order chi connectivity index (χ0) is 28.7. The Morgan fingerprint density at radius 3 is 2.54 bits per heavy atom. The average Bonchev–Trinajstić information content (AvgIpc) is 3.61. The van der Waals surface area contributed by atoms with Crippen LogP contribution in [-0.2, 0) is 25.7 Å². The van der Waals surface area contributed by atoms with Crippen molar-refractivity contribution in [3.8, 4) is 5.75 Å². The molecule has 216 valence electrons. The molecule has 2 bridgehead atoms. The Morgan fingerprint density at radius 2 is 1.83 bits per heavy atom. The molecule has 3 amide bonds. The Bertz CT molecular complexity index is 1350. The molecule has 2 aromatic carbocycles. The molecule has 1 aliphatic carbocycles. The summed E-state index contributed by atoms with van der Waals surface area (Å²) in [5.41, 5.74) is 1.50. The highest BCUT2D eigenvalue weighted by molar-refractivity contribution is 6.02. The van der Waals surface area contributed by atoms with Gasteiger partial charge in [-0.3, -0.25) is 14.4 Å². The van der Waals surface area contributed by atoms with Gasteiger partial charge in [0, 0.05) is 18.3 Å². The Balaban J connectivity index is 1.30. The smallest absolute Gasteiger partial charge is 0.246 e. The van der Waals surface area contributed by atoms with E-state index in [2.05, 4.69) is 24.5 Å². The maximum atomic E-state index is 14.2. The monoisotopic (exact) mass is 557 g/mol. The number of nitrogens with zero attached hydrogens (tertiary/aromatic N) is 1. The highest BCUT2D eigenvalue weighted by Crippen LogP contribution is 2.55. The molecule has 3 fully saturated rings. The lowest BCUT2D eigenvalue weighted by molar-refractivity contribution is -0.142. The van der Waals surface area contributed by atoms with Crippen LogP contribution in [0.2, 0.25) is 0 Å². The standard InChI is InChI=1S/C33H39N3O5/c1-20(2)22-12-14-24(15-13-22)34-30(37)27-26-16-17-33(41-26)28(27)32(39)36(19-21-8-7-11-25(18-21)40-3)29(33)31(38)35-23-9-5-4-6-10-23/h7-8,11-18,20,23,26-29H,4-6,9-10,19H2,1-3H3,(H,34,37)(H,35,38)/t26-,27?,28-,29?,33?/m0/s1. The van der Waals surface area contributed by atoms with Crippen molar-refractivity contribution in [2.24, 2.45) is 11.8 Å². The largest absolute Gasteiger partial charge is 0.497 e. The van der Waals surface area contributed by atoms with Crippen molar-refractivity contribution < 1.29 is 23.9 Å². The second-order valence-electron chi connectivity index (χ2n) is 12.1. The fraction of sp³-hybridized carbons (Fsp3) is 0.485. The van der Waals surface area contributed by atoms with Crippen LogP contribution in [-0.4, -0.2) is 53.5 Å². The third-order valence-corrected chi connectivity index (χ3v) is 9.21. The SMILES string of the molecule is COc1cccc(CN2C(=O)[C@@H]3C(C(=O)Nc4ccc(C(C)C)cc4)[C@@H]4C=CC3(O4)C2C(=O)NC2CCCCC2)c1. The summed E-state index contributed by atoms with van der Waals surface area (Å²) in [6.45, 7) is 4.45. The normalized spacial score (nSPS) is 28.7. The second-order valence-corrected chi connectivity index (χ2v) is 12.1. The van der Waals surface area contributed by atoms with Gasteiger partial charge in [0.25, 0.3) is 0 Å². The third kappa shape index (κ3) is 4.92. The minimum absolute atomic E-state index is 0.0796. The summed E-state index contributed by atoms with van der Waals surface area (Å²) in [5, 5.41) is 6.25. The van der Waals surface area contributed by atoms with Gasteiger partial charge in [-0.2, -0.15) is 0 Å².